The molecule has 2 aromatic carbocycles. The van der Waals surface area contributed by atoms with Crippen molar-refractivity contribution in [3.63, 3.8) is 0 Å². The van der Waals surface area contributed by atoms with Crippen molar-refractivity contribution in [2.75, 3.05) is 12.4 Å². The lowest BCUT2D eigenvalue weighted by molar-refractivity contribution is 0.291. The van der Waals surface area contributed by atoms with Crippen LogP contribution in [0.3, 0.4) is 0 Å². The average molecular weight is 415 g/mol. The predicted octanol–water partition coefficient (Wildman–Crippen LogP) is 4.82. The fraction of sp³-hybridized carbons (Fsp3) is 0.250. The maximum absolute atomic E-state index is 8.90. The second kappa shape index (κ2) is 9.49. The van der Waals surface area contributed by atoms with E-state index in [-0.39, 0.29) is 12.4 Å². The van der Waals surface area contributed by atoms with Crippen LogP contribution in [0.1, 0.15) is 18.3 Å². The summed E-state index contributed by atoms with van der Waals surface area (Å²) in [6, 6.07) is 15.3. The molecule has 0 saturated heterocycles. The molecular weight excluding hydrogens is 396 g/mol. The first-order chi connectivity index (χ1) is 13.6. The number of halogens is 1. The van der Waals surface area contributed by atoms with Gasteiger partial charge in [-0.2, -0.15) is 5.26 Å². The molecule has 28 heavy (non-hydrogen) atoms. The SMILES string of the molecule is CCOc1ccc(OCc2nnc(SCC#N)n2-c2ccc(C)c(Cl)c2)cc1. The van der Waals surface area contributed by atoms with Crippen LogP contribution in [0.25, 0.3) is 5.69 Å². The first kappa shape index (κ1) is 20.1. The second-order valence-corrected chi connectivity index (χ2v) is 7.16. The van der Waals surface area contributed by atoms with Gasteiger partial charge in [0, 0.05) is 5.02 Å². The van der Waals surface area contributed by atoms with Crippen molar-refractivity contribution in [1.29, 1.82) is 5.26 Å². The monoisotopic (exact) mass is 414 g/mol. The van der Waals surface area contributed by atoms with Crippen molar-refractivity contribution in [3.8, 4) is 23.3 Å². The number of benzene rings is 2. The van der Waals surface area contributed by atoms with E-state index in [1.165, 1.54) is 11.8 Å². The summed E-state index contributed by atoms with van der Waals surface area (Å²) in [6.45, 7) is 4.72. The van der Waals surface area contributed by atoms with Gasteiger partial charge in [0.1, 0.15) is 18.1 Å². The van der Waals surface area contributed by atoms with Gasteiger partial charge >= 0.3 is 0 Å². The van der Waals surface area contributed by atoms with E-state index in [0.717, 1.165) is 17.0 Å². The number of hydrogen-bond acceptors (Lipinski definition) is 6. The minimum atomic E-state index is 0.222. The smallest absolute Gasteiger partial charge is 0.196 e. The third-order valence-electron chi connectivity index (χ3n) is 3.88. The van der Waals surface area contributed by atoms with Gasteiger partial charge in [-0.3, -0.25) is 4.57 Å². The van der Waals surface area contributed by atoms with Gasteiger partial charge in [0.2, 0.25) is 0 Å². The van der Waals surface area contributed by atoms with Gasteiger partial charge in [0.15, 0.2) is 11.0 Å². The number of nitrogens with zero attached hydrogens (tertiary/aromatic N) is 4. The Bertz CT molecular complexity index is 983. The molecule has 1 heterocycles. The van der Waals surface area contributed by atoms with Crippen LogP contribution >= 0.6 is 23.4 Å². The number of nitriles is 1. The highest BCUT2D eigenvalue weighted by Crippen LogP contribution is 2.26. The summed E-state index contributed by atoms with van der Waals surface area (Å²) < 4.78 is 13.2. The zero-order valence-electron chi connectivity index (χ0n) is 15.6. The quantitative estimate of drug-likeness (QED) is 0.492. The first-order valence-electron chi connectivity index (χ1n) is 8.68. The highest BCUT2D eigenvalue weighted by atomic mass is 35.5. The van der Waals surface area contributed by atoms with Gasteiger partial charge in [-0.15, -0.1) is 10.2 Å². The van der Waals surface area contributed by atoms with Crippen molar-refractivity contribution < 1.29 is 9.47 Å². The van der Waals surface area contributed by atoms with Gasteiger partial charge in [-0.05, 0) is 55.8 Å². The summed E-state index contributed by atoms with van der Waals surface area (Å²) in [5, 5.41) is 18.6. The van der Waals surface area contributed by atoms with Crippen molar-refractivity contribution >= 4 is 23.4 Å². The lowest BCUT2D eigenvalue weighted by Gasteiger charge is -2.12. The van der Waals surface area contributed by atoms with Crippen molar-refractivity contribution in [2.24, 2.45) is 0 Å². The molecule has 0 bridgehead atoms. The second-order valence-electron chi connectivity index (χ2n) is 5.81. The molecule has 0 fully saturated rings. The van der Waals surface area contributed by atoms with Crippen LogP contribution in [0.5, 0.6) is 11.5 Å². The van der Waals surface area contributed by atoms with Crippen LogP contribution in [0, 0.1) is 18.3 Å². The Morgan fingerprint density at radius 2 is 1.82 bits per heavy atom. The zero-order valence-corrected chi connectivity index (χ0v) is 17.1. The number of aromatic nitrogens is 3. The number of thioether (sulfide) groups is 1. The summed E-state index contributed by atoms with van der Waals surface area (Å²) in [4.78, 5) is 0. The molecule has 1 aromatic heterocycles. The van der Waals surface area contributed by atoms with E-state index in [1.807, 2.05) is 60.9 Å². The maximum atomic E-state index is 8.90. The highest BCUT2D eigenvalue weighted by Gasteiger charge is 2.16. The molecule has 0 atom stereocenters. The largest absolute Gasteiger partial charge is 0.494 e. The molecule has 0 unspecified atom stereocenters. The highest BCUT2D eigenvalue weighted by molar-refractivity contribution is 7.99. The van der Waals surface area contributed by atoms with Crippen molar-refractivity contribution in [1.82, 2.24) is 14.8 Å². The molecule has 0 N–H and O–H groups in total. The van der Waals surface area contributed by atoms with Gasteiger partial charge in [-0.25, -0.2) is 0 Å². The predicted molar refractivity (Wildman–Crippen MR) is 109 cm³/mol. The Labute approximate surface area is 173 Å². The van der Waals surface area contributed by atoms with Crippen molar-refractivity contribution in [3.05, 3.63) is 58.9 Å². The van der Waals surface area contributed by atoms with Gasteiger partial charge in [0.25, 0.3) is 0 Å². The van der Waals surface area contributed by atoms with Gasteiger partial charge in [-0.1, -0.05) is 29.4 Å². The number of ether oxygens (including phenoxy) is 2. The normalized spacial score (nSPS) is 10.5. The Hall–Kier alpha value is -2.69. The molecule has 0 spiro atoms. The molecule has 3 rings (SSSR count). The van der Waals surface area contributed by atoms with E-state index in [9.17, 15) is 0 Å². The lowest BCUT2D eigenvalue weighted by Crippen LogP contribution is -2.07. The molecule has 0 amide bonds. The van der Waals surface area contributed by atoms with E-state index in [0.29, 0.717) is 28.4 Å². The summed E-state index contributed by atoms with van der Waals surface area (Å²) in [7, 11) is 0. The van der Waals surface area contributed by atoms with Crippen LogP contribution in [-0.4, -0.2) is 27.1 Å². The lowest BCUT2D eigenvalue weighted by atomic mass is 10.2. The van der Waals surface area contributed by atoms with Gasteiger partial charge in [0.05, 0.1) is 24.1 Å². The van der Waals surface area contributed by atoms with Crippen molar-refractivity contribution in [2.45, 2.75) is 25.6 Å². The molecule has 0 aliphatic carbocycles. The van der Waals surface area contributed by atoms with E-state index in [1.54, 1.807) is 0 Å². The minimum Gasteiger partial charge on any atom is -0.494 e. The molecule has 3 aromatic rings. The molecule has 0 aliphatic heterocycles. The van der Waals surface area contributed by atoms with Crippen LogP contribution in [0.15, 0.2) is 47.6 Å². The van der Waals surface area contributed by atoms with E-state index in [2.05, 4.69) is 16.3 Å². The van der Waals surface area contributed by atoms with Gasteiger partial charge < -0.3 is 9.47 Å². The van der Waals surface area contributed by atoms with Crippen LogP contribution in [0.4, 0.5) is 0 Å². The summed E-state index contributed by atoms with van der Waals surface area (Å²) >= 11 is 7.61. The Morgan fingerprint density at radius 1 is 1.11 bits per heavy atom. The van der Waals surface area contributed by atoms with E-state index in [4.69, 9.17) is 26.3 Å². The Balaban J connectivity index is 1.84. The minimum absolute atomic E-state index is 0.222. The number of aryl methyl sites for hydroxylation is 1. The molecular formula is C20H19ClN4O2S. The summed E-state index contributed by atoms with van der Waals surface area (Å²) in [5.41, 5.74) is 1.81. The number of rotatable bonds is 8. The van der Waals surface area contributed by atoms with E-state index >= 15 is 0 Å². The summed E-state index contributed by atoms with van der Waals surface area (Å²) in [5.74, 6) is 2.39. The zero-order chi connectivity index (χ0) is 19.9. The molecule has 144 valence electrons. The summed E-state index contributed by atoms with van der Waals surface area (Å²) in [6.07, 6.45) is 0. The first-order valence-corrected chi connectivity index (χ1v) is 10.0. The molecule has 0 aliphatic rings. The van der Waals surface area contributed by atoms with E-state index < -0.39 is 0 Å². The topological polar surface area (TPSA) is 73.0 Å². The molecule has 8 heteroatoms. The third kappa shape index (κ3) is 4.77. The Morgan fingerprint density at radius 3 is 2.46 bits per heavy atom. The number of hydrogen-bond donors (Lipinski definition) is 0. The van der Waals surface area contributed by atoms with Crippen LogP contribution in [0.2, 0.25) is 5.02 Å². The maximum Gasteiger partial charge on any atom is 0.196 e. The fourth-order valence-electron chi connectivity index (χ4n) is 2.51. The molecule has 0 saturated carbocycles. The third-order valence-corrected chi connectivity index (χ3v) is 5.09. The van der Waals surface area contributed by atoms with Crippen LogP contribution in [-0.2, 0) is 6.61 Å². The standard InChI is InChI=1S/C20H19ClN4O2S/c1-3-26-16-6-8-17(9-7-16)27-13-19-23-24-20(28-11-10-22)25(19)15-5-4-14(2)18(21)12-15/h4-9,12H,3,11,13H2,1-2H3. The molecule has 0 radical (unpaired) electrons. The van der Waals surface area contributed by atoms with Crippen LogP contribution < -0.4 is 9.47 Å². The molecule has 6 nitrogen and oxygen atoms in total. The Kier molecular flexibility index (Phi) is 6.80. The average Bonchev–Trinajstić information content (AvgIpc) is 3.11. The fourth-order valence-corrected chi connectivity index (χ4v) is 3.32.